The fraction of sp³-hybridized carbons (Fsp3) is 0.875. The molecule has 0 aromatic carbocycles. The quantitative estimate of drug-likeness (QED) is 0.488. The molecule has 0 unspecified atom stereocenters. The highest BCUT2D eigenvalue weighted by atomic mass is 32.1. The number of unbranched alkanes of at least 4 members (excludes halogenated alkanes) is 2. The molecular formula is C8H17NS. The van der Waals surface area contributed by atoms with Gasteiger partial charge in [-0.1, -0.05) is 32.0 Å². The lowest BCUT2D eigenvalue weighted by Gasteiger charge is -2.02. The lowest BCUT2D eigenvalue weighted by Crippen LogP contribution is -2.19. The van der Waals surface area contributed by atoms with Crippen LogP contribution in [0.15, 0.2) is 0 Å². The fourth-order valence-corrected chi connectivity index (χ4v) is 1.11. The molecule has 0 saturated heterocycles. The zero-order chi connectivity index (χ0) is 7.82. The lowest BCUT2D eigenvalue weighted by molar-refractivity contribution is 0.735. The van der Waals surface area contributed by atoms with Crippen LogP contribution in [0.5, 0.6) is 0 Å². The van der Waals surface area contributed by atoms with Gasteiger partial charge in [0, 0.05) is 6.54 Å². The molecule has 0 heterocycles. The van der Waals surface area contributed by atoms with Crippen LogP contribution < -0.4 is 5.32 Å². The first-order valence-corrected chi connectivity index (χ1v) is 4.48. The van der Waals surface area contributed by atoms with Gasteiger partial charge in [-0.05, 0) is 19.8 Å². The molecular weight excluding hydrogens is 142 g/mol. The second-order valence-electron chi connectivity index (χ2n) is 2.41. The summed E-state index contributed by atoms with van der Waals surface area (Å²) in [5.41, 5.74) is 0. The minimum Gasteiger partial charge on any atom is -0.380 e. The van der Waals surface area contributed by atoms with Crippen molar-refractivity contribution in [1.29, 1.82) is 0 Å². The van der Waals surface area contributed by atoms with Crippen LogP contribution >= 0.6 is 12.2 Å². The van der Waals surface area contributed by atoms with Crippen molar-refractivity contribution >= 4 is 17.2 Å². The zero-order valence-electron chi connectivity index (χ0n) is 6.94. The Kier molecular flexibility index (Phi) is 6.93. The molecule has 0 spiro atoms. The molecule has 0 aliphatic rings. The van der Waals surface area contributed by atoms with Gasteiger partial charge in [-0.3, -0.25) is 0 Å². The molecule has 0 fully saturated rings. The largest absolute Gasteiger partial charge is 0.380 e. The van der Waals surface area contributed by atoms with Crippen molar-refractivity contribution in [2.24, 2.45) is 0 Å². The maximum atomic E-state index is 5.06. The van der Waals surface area contributed by atoms with Gasteiger partial charge in [0.15, 0.2) is 0 Å². The second kappa shape index (κ2) is 7.00. The molecule has 0 aliphatic heterocycles. The molecule has 1 N–H and O–H groups in total. The molecule has 0 atom stereocenters. The van der Waals surface area contributed by atoms with E-state index >= 15 is 0 Å². The Hall–Kier alpha value is -0.110. The number of nitrogens with one attached hydrogen (secondary N) is 1. The van der Waals surface area contributed by atoms with Crippen LogP contribution in [0.25, 0.3) is 0 Å². The Labute approximate surface area is 69.2 Å². The van der Waals surface area contributed by atoms with Gasteiger partial charge in [-0.15, -0.1) is 0 Å². The Balaban J connectivity index is 3.05. The van der Waals surface area contributed by atoms with Crippen molar-refractivity contribution in [1.82, 2.24) is 5.32 Å². The van der Waals surface area contributed by atoms with E-state index in [9.17, 15) is 0 Å². The van der Waals surface area contributed by atoms with E-state index in [0.29, 0.717) is 0 Å². The smallest absolute Gasteiger partial charge is 0.0753 e. The van der Waals surface area contributed by atoms with Gasteiger partial charge in [0.25, 0.3) is 0 Å². The first-order chi connectivity index (χ1) is 4.81. The van der Waals surface area contributed by atoms with Crippen LogP contribution in [-0.2, 0) is 0 Å². The number of hydrogen-bond acceptors (Lipinski definition) is 1. The Morgan fingerprint density at radius 2 is 2.00 bits per heavy atom. The van der Waals surface area contributed by atoms with Crippen molar-refractivity contribution in [3.05, 3.63) is 0 Å². The van der Waals surface area contributed by atoms with E-state index in [1.165, 1.54) is 19.3 Å². The van der Waals surface area contributed by atoms with Gasteiger partial charge >= 0.3 is 0 Å². The predicted molar refractivity (Wildman–Crippen MR) is 50.4 cm³/mol. The van der Waals surface area contributed by atoms with E-state index in [-0.39, 0.29) is 0 Å². The average molecular weight is 159 g/mol. The Bertz CT molecular complexity index is 91.3. The maximum Gasteiger partial charge on any atom is 0.0753 e. The highest BCUT2D eigenvalue weighted by Gasteiger charge is 1.91. The summed E-state index contributed by atoms with van der Waals surface area (Å²) in [6, 6.07) is 0. The number of hydrogen-bond donors (Lipinski definition) is 1. The summed E-state index contributed by atoms with van der Waals surface area (Å²) >= 11 is 5.06. The highest BCUT2D eigenvalue weighted by Crippen LogP contribution is 1.98. The third kappa shape index (κ3) is 6.02. The van der Waals surface area contributed by atoms with Gasteiger partial charge in [0.2, 0.25) is 0 Å². The monoisotopic (exact) mass is 159 g/mol. The normalized spacial score (nSPS) is 9.40. The topological polar surface area (TPSA) is 12.0 Å². The van der Waals surface area contributed by atoms with Crippen molar-refractivity contribution in [3.63, 3.8) is 0 Å². The van der Waals surface area contributed by atoms with E-state index in [4.69, 9.17) is 12.2 Å². The van der Waals surface area contributed by atoms with Crippen LogP contribution in [0.2, 0.25) is 0 Å². The molecule has 2 heteroatoms. The molecule has 0 bridgehead atoms. The van der Waals surface area contributed by atoms with Crippen molar-refractivity contribution in [3.8, 4) is 0 Å². The van der Waals surface area contributed by atoms with Crippen molar-refractivity contribution < 1.29 is 0 Å². The summed E-state index contributed by atoms with van der Waals surface area (Å²) < 4.78 is 0. The van der Waals surface area contributed by atoms with Crippen molar-refractivity contribution in [2.75, 3.05) is 6.54 Å². The number of rotatable bonds is 5. The van der Waals surface area contributed by atoms with E-state index in [1.807, 2.05) is 0 Å². The fourth-order valence-electron chi connectivity index (χ4n) is 0.821. The molecule has 0 saturated carbocycles. The van der Waals surface area contributed by atoms with Crippen LogP contribution in [-0.4, -0.2) is 11.5 Å². The van der Waals surface area contributed by atoms with Crippen LogP contribution in [0.3, 0.4) is 0 Å². The zero-order valence-corrected chi connectivity index (χ0v) is 7.76. The molecule has 0 aliphatic carbocycles. The van der Waals surface area contributed by atoms with Crippen molar-refractivity contribution in [2.45, 2.75) is 39.5 Å². The van der Waals surface area contributed by atoms with Gasteiger partial charge in [0.05, 0.1) is 4.99 Å². The third-order valence-electron chi connectivity index (χ3n) is 1.38. The highest BCUT2D eigenvalue weighted by molar-refractivity contribution is 7.80. The summed E-state index contributed by atoms with van der Waals surface area (Å²) in [5, 5.41) is 3.14. The van der Waals surface area contributed by atoms with Crippen LogP contribution in [0.4, 0.5) is 0 Å². The molecule has 60 valence electrons. The van der Waals surface area contributed by atoms with E-state index in [0.717, 1.165) is 18.0 Å². The van der Waals surface area contributed by atoms with Crippen LogP contribution in [0, 0.1) is 0 Å². The molecule has 10 heavy (non-hydrogen) atoms. The third-order valence-corrected chi connectivity index (χ3v) is 1.73. The van der Waals surface area contributed by atoms with Gasteiger partial charge in [-0.25, -0.2) is 0 Å². The van der Waals surface area contributed by atoms with Crippen LogP contribution in [0.1, 0.15) is 39.5 Å². The molecule has 0 aromatic heterocycles. The lowest BCUT2D eigenvalue weighted by atomic mass is 10.2. The molecule has 0 radical (unpaired) electrons. The summed E-state index contributed by atoms with van der Waals surface area (Å²) in [7, 11) is 0. The molecule has 0 amide bonds. The van der Waals surface area contributed by atoms with Gasteiger partial charge in [-0.2, -0.15) is 0 Å². The average Bonchev–Trinajstić information content (AvgIpc) is 1.89. The maximum absolute atomic E-state index is 5.06. The molecule has 0 rings (SSSR count). The standard InChI is InChI=1S/C8H17NS/c1-3-5-6-7-8(10)9-4-2/h3-7H2,1-2H3,(H,9,10). The van der Waals surface area contributed by atoms with E-state index < -0.39 is 0 Å². The first kappa shape index (κ1) is 9.89. The molecule has 1 nitrogen and oxygen atoms in total. The van der Waals surface area contributed by atoms with E-state index in [1.54, 1.807) is 0 Å². The summed E-state index contributed by atoms with van der Waals surface area (Å²) in [6.07, 6.45) is 4.87. The summed E-state index contributed by atoms with van der Waals surface area (Å²) in [6.45, 7) is 5.24. The number of thiocarbonyl (C=S) groups is 1. The second-order valence-corrected chi connectivity index (χ2v) is 2.90. The predicted octanol–water partition coefficient (Wildman–Crippen LogP) is 2.50. The van der Waals surface area contributed by atoms with E-state index in [2.05, 4.69) is 19.2 Å². The first-order valence-electron chi connectivity index (χ1n) is 4.08. The summed E-state index contributed by atoms with van der Waals surface area (Å²) in [4.78, 5) is 1.02. The minimum absolute atomic E-state index is 0.963. The molecule has 0 aromatic rings. The Morgan fingerprint density at radius 3 is 2.50 bits per heavy atom. The van der Waals surface area contributed by atoms with Gasteiger partial charge < -0.3 is 5.32 Å². The SMILES string of the molecule is CCCCCC(=S)NCC. The Morgan fingerprint density at radius 1 is 1.30 bits per heavy atom. The summed E-state index contributed by atoms with van der Waals surface area (Å²) in [5.74, 6) is 0. The van der Waals surface area contributed by atoms with Gasteiger partial charge in [0.1, 0.15) is 0 Å². The minimum atomic E-state index is 0.963.